The lowest BCUT2D eigenvalue weighted by Gasteiger charge is -2.14. The fraction of sp³-hybridized carbons (Fsp3) is 0.414. The number of fused-ring (bicyclic) bond motifs is 2. The number of nitrogens with zero attached hydrogens (tertiary/aromatic N) is 5. The van der Waals surface area contributed by atoms with Crippen LogP contribution >= 0.6 is 0 Å². The smallest absolute Gasteiger partial charge is 0.224 e. The summed E-state index contributed by atoms with van der Waals surface area (Å²) in [5, 5.41) is 13.0. The van der Waals surface area contributed by atoms with Gasteiger partial charge in [0.2, 0.25) is 5.95 Å². The fourth-order valence-corrected chi connectivity index (χ4v) is 5.68. The SMILES string of the molecule is Cn1nc(-c2cccc(CNC3CCc4ccccc43)c2)c2cnc(NCCCN3CCCC3)nc21. The minimum Gasteiger partial charge on any atom is -0.354 e. The largest absolute Gasteiger partial charge is 0.354 e. The molecular weight excluding hydrogens is 446 g/mol. The first-order valence-electron chi connectivity index (χ1n) is 13.3. The molecule has 1 saturated heterocycles. The van der Waals surface area contributed by atoms with E-state index in [0.717, 1.165) is 61.2 Å². The maximum atomic E-state index is 4.82. The quantitative estimate of drug-likeness (QED) is 0.338. The molecule has 1 atom stereocenters. The Morgan fingerprint density at radius 2 is 1.94 bits per heavy atom. The van der Waals surface area contributed by atoms with Crippen LogP contribution in [0.2, 0.25) is 0 Å². The molecule has 1 unspecified atom stereocenters. The van der Waals surface area contributed by atoms with E-state index in [1.54, 1.807) is 0 Å². The molecular formula is C29H35N7. The number of rotatable bonds is 9. The van der Waals surface area contributed by atoms with Gasteiger partial charge in [0.05, 0.1) is 5.39 Å². The van der Waals surface area contributed by atoms with E-state index < -0.39 is 0 Å². The molecule has 6 rings (SSSR count). The van der Waals surface area contributed by atoms with Gasteiger partial charge in [-0.05, 0) is 74.5 Å². The second kappa shape index (κ2) is 10.4. The number of hydrogen-bond acceptors (Lipinski definition) is 6. The Morgan fingerprint density at radius 3 is 2.86 bits per heavy atom. The molecule has 2 aliphatic rings. The monoisotopic (exact) mass is 481 g/mol. The van der Waals surface area contributed by atoms with Crippen LogP contribution in [0.3, 0.4) is 0 Å². The molecule has 3 heterocycles. The zero-order valence-corrected chi connectivity index (χ0v) is 21.1. The molecule has 1 fully saturated rings. The standard InChI is InChI=1S/C29H35N7/c1-35-28-25(20-32-29(33-28)30-14-7-17-36-15-4-5-16-36)27(34-35)23-10-6-8-21(18-23)19-31-26-13-12-22-9-2-3-11-24(22)26/h2-3,6,8-11,18,20,26,31H,4-5,7,12-17,19H2,1H3,(H,30,32,33). The second-order valence-electron chi connectivity index (χ2n) is 10.1. The van der Waals surface area contributed by atoms with Crippen molar-refractivity contribution in [1.29, 1.82) is 0 Å². The summed E-state index contributed by atoms with van der Waals surface area (Å²) in [7, 11) is 1.96. The van der Waals surface area contributed by atoms with Crippen LogP contribution in [0.1, 0.15) is 48.4 Å². The van der Waals surface area contributed by atoms with Crippen molar-refractivity contribution in [3.63, 3.8) is 0 Å². The van der Waals surface area contributed by atoms with Crippen molar-refractivity contribution in [2.75, 3.05) is 31.5 Å². The highest BCUT2D eigenvalue weighted by Crippen LogP contribution is 2.31. The molecule has 1 aliphatic heterocycles. The summed E-state index contributed by atoms with van der Waals surface area (Å²) in [4.78, 5) is 11.9. The Labute approximate surface area is 213 Å². The maximum absolute atomic E-state index is 4.82. The van der Waals surface area contributed by atoms with Gasteiger partial charge in [0.1, 0.15) is 5.69 Å². The molecule has 36 heavy (non-hydrogen) atoms. The molecule has 186 valence electrons. The molecule has 4 aromatic rings. The van der Waals surface area contributed by atoms with Crippen LogP contribution in [-0.4, -0.2) is 50.8 Å². The second-order valence-corrected chi connectivity index (χ2v) is 10.1. The zero-order valence-electron chi connectivity index (χ0n) is 21.1. The molecule has 0 amide bonds. The van der Waals surface area contributed by atoms with E-state index >= 15 is 0 Å². The molecule has 2 aromatic heterocycles. The predicted molar refractivity (Wildman–Crippen MR) is 145 cm³/mol. The lowest BCUT2D eigenvalue weighted by atomic mass is 10.1. The molecule has 7 heteroatoms. The van der Waals surface area contributed by atoms with E-state index in [1.165, 1.54) is 42.6 Å². The third kappa shape index (κ3) is 4.86. The topological polar surface area (TPSA) is 70.9 Å². The highest BCUT2D eigenvalue weighted by atomic mass is 15.3. The van der Waals surface area contributed by atoms with Crippen LogP contribution in [0.25, 0.3) is 22.3 Å². The summed E-state index contributed by atoms with van der Waals surface area (Å²) in [6, 6.07) is 17.9. The van der Waals surface area contributed by atoms with Gasteiger partial charge in [-0.2, -0.15) is 10.1 Å². The summed E-state index contributed by atoms with van der Waals surface area (Å²) >= 11 is 0. The number of likely N-dealkylation sites (tertiary alicyclic amines) is 1. The molecule has 1 aliphatic carbocycles. The number of aryl methyl sites for hydroxylation is 2. The van der Waals surface area contributed by atoms with Crippen LogP contribution in [0.4, 0.5) is 5.95 Å². The first-order valence-corrected chi connectivity index (χ1v) is 13.3. The number of benzene rings is 2. The number of hydrogen-bond donors (Lipinski definition) is 2. The summed E-state index contributed by atoms with van der Waals surface area (Å²) in [5.41, 5.74) is 7.06. The van der Waals surface area contributed by atoms with E-state index in [-0.39, 0.29) is 0 Å². The third-order valence-corrected chi connectivity index (χ3v) is 7.60. The van der Waals surface area contributed by atoms with Crippen LogP contribution in [0.5, 0.6) is 0 Å². The average molecular weight is 482 g/mol. The molecule has 2 aromatic carbocycles. The van der Waals surface area contributed by atoms with Gasteiger partial charge in [-0.1, -0.05) is 42.5 Å². The number of nitrogens with one attached hydrogen (secondary N) is 2. The van der Waals surface area contributed by atoms with Crippen molar-refractivity contribution in [3.8, 4) is 11.3 Å². The minimum atomic E-state index is 0.426. The molecule has 0 bridgehead atoms. The van der Waals surface area contributed by atoms with Gasteiger partial charge in [0.25, 0.3) is 0 Å². The molecule has 2 N–H and O–H groups in total. The number of aromatic nitrogens is 4. The summed E-state index contributed by atoms with van der Waals surface area (Å²) in [5.74, 6) is 0.674. The summed E-state index contributed by atoms with van der Waals surface area (Å²) < 4.78 is 1.86. The maximum Gasteiger partial charge on any atom is 0.224 e. The highest BCUT2D eigenvalue weighted by Gasteiger charge is 2.21. The normalized spacial score (nSPS) is 17.6. The minimum absolute atomic E-state index is 0.426. The van der Waals surface area contributed by atoms with Crippen LogP contribution in [-0.2, 0) is 20.0 Å². The van der Waals surface area contributed by atoms with Crippen molar-refractivity contribution in [3.05, 3.63) is 71.4 Å². The Kier molecular flexibility index (Phi) is 6.66. The molecule has 0 spiro atoms. The van der Waals surface area contributed by atoms with Crippen molar-refractivity contribution in [2.45, 2.75) is 44.7 Å². The van der Waals surface area contributed by atoms with Gasteiger partial charge in [0, 0.05) is 37.9 Å². The third-order valence-electron chi connectivity index (χ3n) is 7.60. The van der Waals surface area contributed by atoms with E-state index in [2.05, 4.69) is 69.0 Å². The molecule has 0 saturated carbocycles. The van der Waals surface area contributed by atoms with Crippen LogP contribution in [0.15, 0.2) is 54.7 Å². The van der Waals surface area contributed by atoms with Crippen molar-refractivity contribution in [1.82, 2.24) is 30.0 Å². The number of anilines is 1. The Bertz CT molecular complexity index is 1340. The Balaban J connectivity index is 1.13. The van der Waals surface area contributed by atoms with Gasteiger partial charge in [0.15, 0.2) is 5.65 Å². The lowest BCUT2D eigenvalue weighted by Crippen LogP contribution is -2.22. The predicted octanol–water partition coefficient (Wildman–Crippen LogP) is 4.71. The first kappa shape index (κ1) is 23.1. The molecule has 7 nitrogen and oxygen atoms in total. The zero-order chi connectivity index (χ0) is 24.3. The molecule has 0 radical (unpaired) electrons. The fourth-order valence-electron chi connectivity index (χ4n) is 5.68. The van der Waals surface area contributed by atoms with Crippen molar-refractivity contribution >= 4 is 17.0 Å². The summed E-state index contributed by atoms with van der Waals surface area (Å²) in [6.07, 6.45) is 8.01. The van der Waals surface area contributed by atoms with Gasteiger partial charge >= 0.3 is 0 Å². The van der Waals surface area contributed by atoms with E-state index in [1.807, 2.05) is 17.9 Å². The van der Waals surface area contributed by atoms with Gasteiger partial charge < -0.3 is 15.5 Å². The van der Waals surface area contributed by atoms with Crippen molar-refractivity contribution in [2.24, 2.45) is 7.05 Å². The average Bonchev–Trinajstić information content (AvgIpc) is 3.65. The van der Waals surface area contributed by atoms with Crippen LogP contribution < -0.4 is 10.6 Å². The highest BCUT2D eigenvalue weighted by molar-refractivity contribution is 5.91. The lowest BCUT2D eigenvalue weighted by molar-refractivity contribution is 0.337. The van der Waals surface area contributed by atoms with E-state index in [9.17, 15) is 0 Å². The van der Waals surface area contributed by atoms with Gasteiger partial charge in [-0.15, -0.1) is 0 Å². The first-order chi connectivity index (χ1) is 17.7. The van der Waals surface area contributed by atoms with Crippen LogP contribution in [0, 0.1) is 0 Å². The van der Waals surface area contributed by atoms with Crippen molar-refractivity contribution < 1.29 is 0 Å². The van der Waals surface area contributed by atoms with Gasteiger partial charge in [-0.25, -0.2) is 9.67 Å². The van der Waals surface area contributed by atoms with Gasteiger partial charge in [-0.3, -0.25) is 0 Å². The Hall–Kier alpha value is -3.29. The van der Waals surface area contributed by atoms with E-state index in [4.69, 9.17) is 10.1 Å². The Morgan fingerprint density at radius 1 is 1.06 bits per heavy atom. The summed E-state index contributed by atoms with van der Waals surface area (Å²) in [6.45, 7) is 5.34. The van der Waals surface area contributed by atoms with E-state index in [0.29, 0.717) is 12.0 Å².